The van der Waals surface area contributed by atoms with Gasteiger partial charge in [0.05, 0.1) is 16.7 Å². The standard InChI is InChI=1S/C16H12Cl2N2O2/c1-10(22-14-4-2-3-13(17)15(14)18)16(21)20-12-7-5-11(9-19)6-8-12/h2-8,10H,1H3,(H,20,21)/t10-/m0/s1. The number of benzene rings is 2. The first-order chi connectivity index (χ1) is 10.5. The molecule has 0 saturated carbocycles. The summed E-state index contributed by atoms with van der Waals surface area (Å²) in [7, 11) is 0. The smallest absolute Gasteiger partial charge is 0.265 e. The number of hydrogen-bond donors (Lipinski definition) is 1. The zero-order valence-electron chi connectivity index (χ0n) is 11.6. The van der Waals surface area contributed by atoms with E-state index in [4.69, 9.17) is 33.2 Å². The molecule has 0 spiro atoms. The Morgan fingerprint density at radius 1 is 1.23 bits per heavy atom. The molecule has 1 amide bonds. The Kier molecular flexibility index (Phi) is 5.26. The third kappa shape index (κ3) is 3.91. The molecule has 6 heteroatoms. The zero-order valence-corrected chi connectivity index (χ0v) is 13.2. The minimum absolute atomic E-state index is 0.266. The monoisotopic (exact) mass is 334 g/mol. The Hall–Kier alpha value is -2.22. The van der Waals surface area contributed by atoms with Gasteiger partial charge in [-0.3, -0.25) is 4.79 Å². The van der Waals surface area contributed by atoms with Crippen molar-refractivity contribution >= 4 is 34.8 Å². The number of nitrogens with one attached hydrogen (secondary N) is 1. The van der Waals surface area contributed by atoms with Crippen molar-refractivity contribution in [3.05, 3.63) is 58.1 Å². The molecule has 0 saturated heterocycles. The Bertz CT molecular complexity index is 724. The maximum Gasteiger partial charge on any atom is 0.265 e. The van der Waals surface area contributed by atoms with Crippen LogP contribution in [0.3, 0.4) is 0 Å². The van der Waals surface area contributed by atoms with Gasteiger partial charge in [-0.1, -0.05) is 29.3 Å². The lowest BCUT2D eigenvalue weighted by Gasteiger charge is -2.16. The zero-order chi connectivity index (χ0) is 16.1. The molecule has 22 heavy (non-hydrogen) atoms. The molecule has 0 bridgehead atoms. The van der Waals surface area contributed by atoms with Gasteiger partial charge in [-0.25, -0.2) is 0 Å². The van der Waals surface area contributed by atoms with Crippen molar-refractivity contribution in [2.75, 3.05) is 5.32 Å². The highest BCUT2D eigenvalue weighted by Gasteiger charge is 2.17. The lowest BCUT2D eigenvalue weighted by atomic mass is 10.2. The molecule has 112 valence electrons. The van der Waals surface area contributed by atoms with Crippen LogP contribution in [0.1, 0.15) is 12.5 Å². The summed E-state index contributed by atoms with van der Waals surface area (Å²) in [6.07, 6.45) is -0.758. The molecule has 0 fully saturated rings. The van der Waals surface area contributed by atoms with E-state index in [1.54, 1.807) is 49.4 Å². The van der Waals surface area contributed by atoms with E-state index < -0.39 is 6.10 Å². The van der Waals surface area contributed by atoms with Crippen molar-refractivity contribution in [3.63, 3.8) is 0 Å². The molecule has 0 radical (unpaired) electrons. The number of hydrogen-bond acceptors (Lipinski definition) is 3. The van der Waals surface area contributed by atoms with E-state index in [0.717, 1.165) is 0 Å². The second-order valence-electron chi connectivity index (χ2n) is 4.49. The van der Waals surface area contributed by atoms with E-state index in [0.29, 0.717) is 22.0 Å². The largest absolute Gasteiger partial charge is 0.479 e. The summed E-state index contributed by atoms with van der Waals surface area (Å²) in [5, 5.41) is 12.1. The van der Waals surface area contributed by atoms with Gasteiger partial charge in [0.1, 0.15) is 10.8 Å². The number of ether oxygens (including phenoxy) is 1. The summed E-state index contributed by atoms with van der Waals surface area (Å²) in [6, 6.07) is 13.5. The molecule has 1 N–H and O–H groups in total. The topological polar surface area (TPSA) is 62.1 Å². The number of halogens is 2. The molecule has 2 rings (SSSR count). The molecular formula is C16H12Cl2N2O2. The van der Waals surface area contributed by atoms with Gasteiger partial charge in [0, 0.05) is 5.69 Å². The summed E-state index contributed by atoms with van der Waals surface area (Å²) < 4.78 is 5.52. The lowest BCUT2D eigenvalue weighted by Crippen LogP contribution is -2.30. The van der Waals surface area contributed by atoms with Gasteiger partial charge in [-0.2, -0.15) is 5.26 Å². The average molecular weight is 335 g/mol. The fourth-order valence-electron chi connectivity index (χ4n) is 1.69. The van der Waals surface area contributed by atoms with Crippen LogP contribution in [0.4, 0.5) is 5.69 Å². The number of rotatable bonds is 4. The third-order valence-electron chi connectivity index (χ3n) is 2.87. The van der Waals surface area contributed by atoms with Gasteiger partial charge < -0.3 is 10.1 Å². The normalized spacial score (nSPS) is 11.4. The molecule has 2 aromatic carbocycles. The Labute approximate surface area is 138 Å². The van der Waals surface area contributed by atoms with Gasteiger partial charge >= 0.3 is 0 Å². The van der Waals surface area contributed by atoms with Crippen LogP contribution in [0.2, 0.25) is 10.0 Å². The van der Waals surface area contributed by atoms with Crippen molar-refractivity contribution in [3.8, 4) is 11.8 Å². The van der Waals surface area contributed by atoms with E-state index >= 15 is 0 Å². The highest BCUT2D eigenvalue weighted by atomic mass is 35.5. The summed E-state index contributed by atoms with van der Waals surface area (Å²) >= 11 is 11.9. The summed E-state index contributed by atoms with van der Waals surface area (Å²) in [5.74, 6) is 0.0115. The van der Waals surface area contributed by atoms with Gasteiger partial charge in [0.2, 0.25) is 0 Å². The third-order valence-corrected chi connectivity index (χ3v) is 3.67. The summed E-state index contributed by atoms with van der Waals surface area (Å²) in [5.41, 5.74) is 1.10. The number of nitrogens with zero attached hydrogens (tertiary/aromatic N) is 1. The molecule has 0 aromatic heterocycles. The highest BCUT2D eigenvalue weighted by Crippen LogP contribution is 2.32. The van der Waals surface area contributed by atoms with Crippen molar-refractivity contribution < 1.29 is 9.53 Å². The summed E-state index contributed by atoms with van der Waals surface area (Å²) in [4.78, 5) is 12.1. The van der Waals surface area contributed by atoms with Crippen LogP contribution in [0.25, 0.3) is 0 Å². The highest BCUT2D eigenvalue weighted by molar-refractivity contribution is 6.42. The van der Waals surface area contributed by atoms with Crippen molar-refractivity contribution in [1.82, 2.24) is 0 Å². The van der Waals surface area contributed by atoms with Gasteiger partial charge in [0.25, 0.3) is 5.91 Å². The van der Waals surface area contributed by atoms with E-state index in [1.165, 1.54) is 0 Å². The fraction of sp³-hybridized carbons (Fsp3) is 0.125. The number of nitriles is 1. The van der Waals surface area contributed by atoms with Crippen molar-refractivity contribution in [2.45, 2.75) is 13.0 Å². The lowest BCUT2D eigenvalue weighted by molar-refractivity contribution is -0.122. The number of carbonyl (C=O) groups excluding carboxylic acids is 1. The van der Waals surface area contributed by atoms with E-state index in [-0.39, 0.29) is 10.9 Å². The SMILES string of the molecule is C[C@H](Oc1cccc(Cl)c1Cl)C(=O)Nc1ccc(C#N)cc1. The van der Waals surface area contributed by atoms with Gasteiger partial charge in [-0.15, -0.1) is 0 Å². The number of anilines is 1. The maximum absolute atomic E-state index is 12.1. The minimum Gasteiger partial charge on any atom is -0.479 e. The molecule has 0 unspecified atom stereocenters. The van der Waals surface area contributed by atoms with Crippen LogP contribution in [-0.4, -0.2) is 12.0 Å². The van der Waals surface area contributed by atoms with Crippen LogP contribution >= 0.6 is 23.2 Å². The molecule has 0 aliphatic heterocycles. The Morgan fingerprint density at radius 2 is 1.91 bits per heavy atom. The first kappa shape index (κ1) is 16.2. The fourth-order valence-corrected chi connectivity index (χ4v) is 2.03. The van der Waals surface area contributed by atoms with E-state index in [2.05, 4.69) is 5.32 Å². The molecular weight excluding hydrogens is 323 g/mol. The van der Waals surface area contributed by atoms with Gasteiger partial charge in [0.15, 0.2) is 6.10 Å². The summed E-state index contributed by atoms with van der Waals surface area (Å²) in [6.45, 7) is 1.61. The van der Waals surface area contributed by atoms with E-state index in [9.17, 15) is 4.79 Å². The van der Waals surface area contributed by atoms with Crippen LogP contribution in [0, 0.1) is 11.3 Å². The second kappa shape index (κ2) is 7.17. The average Bonchev–Trinajstić information content (AvgIpc) is 2.52. The molecule has 0 aliphatic carbocycles. The van der Waals surface area contributed by atoms with Crippen LogP contribution < -0.4 is 10.1 Å². The van der Waals surface area contributed by atoms with E-state index in [1.807, 2.05) is 6.07 Å². The molecule has 2 aromatic rings. The molecule has 4 nitrogen and oxygen atoms in total. The molecule has 1 atom stereocenters. The van der Waals surface area contributed by atoms with Crippen LogP contribution in [0.5, 0.6) is 5.75 Å². The second-order valence-corrected chi connectivity index (χ2v) is 5.28. The predicted octanol–water partition coefficient (Wildman–Crippen LogP) is 4.27. The Morgan fingerprint density at radius 3 is 2.55 bits per heavy atom. The minimum atomic E-state index is -0.758. The first-order valence-electron chi connectivity index (χ1n) is 6.43. The first-order valence-corrected chi connectivity index (χ1v) is 7.18. The maximum atomic E-state index is 12.1. The molecule has 0 aliphatic rings. The van der Waals surface area contributed by atoms with Crippen molar-refractivity contribution in [1.29, 1.82) is 5.26 Å². The van der Waals surface area contributed by atoms with Gasteiger partial charge in [-0.05, 0) is 43.3 Å². The quantitative estimate of drug-likeness (QED) is 0.907. The molecule has 0 heterocycles. The van der Waals surface area contributed by atoms with Crippen LogP contribution in [0.15, 0.2) is 42.5 Å². The number of amides is 1. The Balaban J connectivity index is 2.02. The van der Waals surface area contributed by atoms with Crippen LogP contribution in [-0.2, 0) is 4.79 Å². The van der Waals surface area contributed by atoms with Crippen molar-refractivity contribution in [2.24, 2.45) is 0 Å². The predicted molar refractivity (Wildman–Crippen MR) is 86.3 cm³/mol. The number of carbonyl (C=O) groups is 1.